The highest BCUT2D eigenvalue weighted by molar-refractivity contribution is 6.30. The number of rotatable bonds is 2. The van der Waals surface area contributed by atoms with Gasteiger partial charge in [0.1, 0.15) is 5.75 Å². The van der Waals surface area contributed by atoms with Crippen LogP contribution in [0.25, 0.3) is 0 Å². The smallest absolute Gasteiger partial charge is 0.264 e. The summed E-state index contributed by atoms with van der Waals surface area (Å²) in [6.45, 7) is 0.791. The highest BCUT2D eigenvalue weighted by Crippen LogP contribution is 2.35. The highest BCUT2D eigenvalue weighted by Gasteiger charge is 2.38. The first-order chi connectivity index (χ1) is 10.7. The van der Waals surface area contributed by atoms with E-state index in [4.69, 9.17) is 16.3 Å². The summed E-state index contributed by atoms with van der Waals surface area (Å²) in [6.07, 6.45) is 4.10. The lowest BCUT2D eigenvalue weighted by Crippen LogP contribution is -2.41. The van der Waals surface area contributed by atoms with Gasteiger partial charge in [-0.05, 0) is 48.7 Å². The maximum atomic E-state index is 12.9. The van der Waals surface area contributed by atoms with Crippen molar-refractivity contribution in [2.24, 2.45) is 0 Å². The lowest BCUT2D eigenvalue weighted by atomic mass is 10.1. The van der Waals surface area contributed by atoms with Crippen LogP contribution < -0.4 is 4.74 Å². The lowest BCUT2D eigenvalue weighted by molar-refractivity contribution is -0.139. The third-order valence-electron chi connectivity index (χ3n) is 4.49. The van der Waals surface area contributed by atoms with Crippen molar-refractivity contribution in [2.75, 3.05) is 6.54 Å². The standard InChI is InChI=1S/C17H17ClN2O2/c18-12-5-6-15-11(9-12)10-16(22-15)17(21)20-8-2-4-14(20)13-3-1-7-19-13/h1,3,5-7,9,14,16,19H,2,4,8,10H2/t14-,16-/m1/s1. The van der Waals surface area contributed by atoms with E-state index < -0.39 is 6.10 Å². The van der Waals surface area contributed by atoms with Crippen LogP contribution in [-0.4, -0.2) is 28.4 Å². The van der Waals surface area contributed by atoms with Crippen molar-refractivity contribution in [1.29, 1.82) is 0 Å². The van der Waals surface area contributed by atoms with E-state index in [1.54, 1.807) is 6.07 Å². The van der Waals surface area contributed by atoms with Gasteiger partial charge < -0.3 is 14.6 Å². The molecular formula is C17H17ClN2O2. The van der Waals surface area contributed by atoms with Gasteiger partial charge in [-0.2, -0.15) is 0 Å². The van der Waals surface area contributed by atoms with Crippen LogP contribution in [0.5, 0.6) is 5.75 Å². The van der Waals surface area contributed by atoms with Crippen LogP contribution >= 0.6 is 11.6 Å². The zero-order valence-corrected chi connectivity index (χ0v) is 12.8. The van der Waals surface area contributed by atoms with E-state index >= 15 is 0 Å². The Balaban J connectivity index is 1.53. The topological polar surface area (TPSA) is 45.3 Å². The van der Waals surface area contributed by atoms with Crippen molar-refractivity contribution < 1.29 is 9.53 Å². The summed E-state index contributed by atoms with van der Waals surface area (Å²) in [5.74, 6) is 0.850. The number of fused-ring (bicyclic) bond motifs is 1. The first-order valence-electron chi connectivity index (χ1n) is 7.61. The molecule has 2 aliphatic rings. The molecule has 1 aromatic carbocycles. The number of H-pyrrole nitrogens is 1. The summed E-state index contributed by atoms with van der Waals surface area (Å²) >= 11 is 6.01. The number of ether oxygens (including phenoxy) is 1. The fraction of sp³-hybridized carbons (Fsp3) is 0.353. The number of carbonyl (C=O) groups excluding carboxylic acids is 1. The molecule has 4 rings (SSSR count). The molecule has 2 aliphatic heterocycles. The number of hydrogen-bond donors (Lipinski definition) is 1. The maximum absolute atomic E-state index is 12.9. The van der Waals surface area contributed by atoms with Crippen molar-refractivity contribution >= 4 is 17.5 Å². The Kier molecular flexibility index (Phi) is 3.34. The normalized spacial score (nSPS) is 23.4. The minimum absolute atomic E-state index is 0.0735. The van der Waals surface area contributed by atoms with Crippen LogP contribution in [0.3, 0.4) is 0 Å². The number of nitrogens with one attached hydrogen (secondary N) is 1. The second-order valence-corrected chi connectivity index (χ2v) is 6.31. The van der Waals surface area contributed by atoms with E-state index in [0.717, 1.165) is 36.4 Å². The number of benzene rings is 1. The minimum atomic E-state index is -0.427. The third kappa shape index (κ3) is 2.28. The zero-order chi connectivity index (χ0) is 15.1. The van der Waals surface area contributed by atoms with Crippen LogP contribution in [0, 0.1) is 0 Å². The summed E-state index contributed by atoms with van der Waals surface area (Å²) in [4.78, 5) is 18.0. The molecule has 0 spiro atoms. The lowest BCUT2D eigenvalue weighted by Gasteiger charge is -2.26. The SMILES string of the molecule is O=C([C@H]1Cc2cc(Cl)ccc2O1)N1CCC[C@@H]1c1ccc[nH]1. The average molecular weight is 317 g/mol. The summed E-state index contributed by atoms with van der Waals surface area (Å²) in [5, 5.41) is 0.681. The van der Waals surface area contributed by atoms with Gasteiger partial charge in [-0.1, -0.05) is 11.6 Å². The number of hydrogen-bond acceptors (Lipinski definition) is 2. The van der Waals surface area contributed by atoms with Gasteiger partial charge in [0, 0.05) is 29.9 Å². The molecule has 0 aliphatic carbocycles. The molecule has 3 heterocycles. The second-order valence-electron chi connectivity index (χ2n) is 5.88. The summed E-state index contributed by atoms with van der Waals surface area (Å²) in [5.41, 5.74) is 2.12. The van der Waals surface area contributed by atoms with E-state index in [2.05, 4.69) is 4.98 Å². The molecule has 5 heteroatoms. The van der Waals surface area contributed by atoms with Crippen molar-refractivity contribution in [3.05, 3.63) is 52.8 Å². The van der Waals surface area contributed by atoms with Gasteiger partial charge in [0.15, 0.2) is 6.10 Å². The summed E-state index contributed by atoms with van der Waals surface area (Å²) in [7, 11) is 0. The molecule has 0 saturated carbocycles. The number of likely N-dealkylation sites (tertiary alicyclic amines) is 1. The summed E-state index contributed by atoms with van der Waals surface area (Å²) in [6, 6.07) is 9.68. The molecule has 22 heavy (non-hydrogen) atoms. The number of halogens is 1. The predicted octanol–water partition coefficient (Wildman–Crippen LogP) is 3.34. The molecule has 1 aromatic heterocycles. The Hall–Kier alpha value is -1.94. The van der Waals surface area contributed by atoms with Crippen LogP contribution in [-0.2, 0) is 11.2 Å². The van der Waals surface area contributed by atoms with E-state index in [1.807, 2.05) is 35.4 Å². The van der Waals surface area contributed by atoms with Crippen LogP contribution in [0.4, 0.5) is 0 Å². The van der Waals surface area contributed by atoms with Crippen LogP contribution in [0.15, 0.2) is 36.5 Å². The molecule has 1 N–H and O–H groups in total. The molecule has 2 aromatic rings. The number of aromatic amines is 1. The van der Waals surface area contributed by atoms with E-state index in [1.165, 1.54) is 0 Å². The number of aromatic nitrogens is 1. The van der Waals surface area contributed by atoms with Crippen molar-refractivity contribution in [3.8, 4) is 5.75 Å². The maximum Gasteiger partial charge on any atom is 0.264 e. The molecule has 4 nitrogen and oxygen atoms in total. The number of amides is 1. The molecule has 1 amide bonds. The van der Waals surface area contributed by atoms with E-state index in [9.17, 15) is 4.79 Å². The Morgan fingerprint density at radius 2 is 2.27 bits per heavy atom. The molecule has 0 bridgehead atoms. The van der Waals surface area contributed by atoms with Gasteiger partial charge in [-0.15, -0.1) is 0 Å². The molecular weight excluding hydrogens is 300 g/mol. The first kappa shape index (κ1) is 13.7. The molecule has 0 radical (unpaired) electrons. The largest absolute Gasteiger partial charge is 0.480 e. The van der Waals surface area contributed by atoms with Gasteiger partial charge in [-0.3, -0.25) is 4.79 Å². The van der Waals surface area contributed by atoms with E-state index in [-0.39, 0.29) is 11.9 Å². The highest BCUT2D eigenvalue weighted by atomic mass is 35.5. The zero-order valence-electron chi connectivity index (χ0n) is 12.1. The van der Waals surface area contributed by atoms with Crippen LogP contribution in [0.1, 0.15) is 30.1 Å². The van der Waals surface area contributed by atoms with E-state index in [0.29, 0.717) is 11.4 Å². The van der Waals surface area contributed by atoms with Gasteiger partial charge in [-0.25, -0.2) is 0 Å². The van der Waals surface area contributed by atoms with Gasteiger partial charge >= 0.3 is 0 Å². The van der Waals surface area contributed by atoms with Gasteiger partial charge in [0.25, 0.3) is 5.91 Å². The minimum Gasteiger partial charge on any atom is -0.480 e. The number of nitrogens with zero attached hydrogens (tertiary/aromatic N) is 1. The van der Waals surface area contributed by atoms with Crippen molar-refractivity contribution in [1.82, 2.24) is 9.88 Å². The Morgan fingerprint density at radius 1 is 1.36 bits per heavy atom. The molecule has 0 unspecified atom stereocenters. The molecule has 114 valence electrons. The monoisotopic (exact) mass is 316 g/mol. The van der Waals surface area contributed by atoms with Gasteiger partial charge in [0.05, 0.1) is 6.04 Å². The van der Waals surface area contributed by atoms with Crippen molar-refractivity contribution in [2.45, 2.75) is 31.4 Å². The Morgan fingerprint density at radius 3 is 3.09 bits per heavy atom. The molecule has 1 fully saturated rings. The van der Waals surface area contributed by atoms with Crippen LogP contribution in [0.2, 0.25) is 5.02 Å². The quantitative estimate of drug-likeness (QED) is 0.923. The predicted molar refractivity (Wildman–Crippen MR) is 84.1 cm³/mol. The van der Waals surface area contributed by atoms with Crippen molar-refractivity contribution in [3.63, 3.8) is 0 Å². The fourth-order valence-corrected chi connectivity index (χ4v) is 3.64. The first-order valence-corrected chi connectivity index (χ1v) is 7.99. The number of carbonyl (C=O) groups is 1. The molecule has 1 saturated heterocycles. The molecule has 2 atom stereocenters. The fourth-order valence-electron chi connectivity index (χ4n) is 3.45. The third-order valence-corrected chi connectivity index (χ3v) is 4.72. The Labute approximate surface area is 134 Å². The Bertz CT molecular complexity index is 699. The van der Waals surface area contributed by atoms with Gasteiger partial charge in [0.2, 0.25) is 0 Å². The average Bonchev–Trinajstić information content (AvgIpc) is 3.24. The summed E-state index contributed by atoms with van der Waals surface area (Å²) < 4.78 is 5.84. The second kappa shape index (κ2) is 5.36.